The molecule has 0 bridgehead atoms. The summed E-state index contributed by atoms with van der Waals surface area (Å²) in [6, 6.07) is 16.5. The van der Waals surface area contributed by atoms with Gasteiger partial charge >= 0.3 is 0 Å². The largest absolute Gasteiger partial charge is 0.491 e. The van der Waals surface area contributed by atoms with Gasteiger partial charge in [-0.05, 0) is 44.2 Å². The summed E-state index contributed by atoms with van der Waals surface area (Å²) in [7, 11) is 0. The number of halogens is 1. The summed E-state index contributed by atoms with van der Waals surface area (Å²) in [4.78, 5) is 21.7. The van der Waals surface area contributed by atoms with E-state index in [1.54, 1.807) is 24.4 Å². The second kappa shape index (κ2) is 9.14. The molecule has 0 aliphatic rings. The minimum Gasteiger partial charge on any atom is -0.491 e. The highest BCUT2D eigenvalue weighted by molar-refractivity contribution is 6.30. The van der Waals surface area contributed by atoms with Crippen molar-refractivity contribution in [2.24, 2.45) is 0 Å². The number of aryl methyl sites for hydroxylation is 1. The predicted octanol–water partition coefficient (Wildman–Crippen LogP) is 4.08. The first-order chi connectivity index (χ1) is 15.0. The summed E-state index contributed by atoms with van der Waals surface area (Å²) < 4.78 is 7.21. The van der Waals surface area contributed by atoms with E-state index in [2.05, 4.69) is 20.4 Å². The summed E-state index contributed by atoms with van der Waals surface area (Å²) >= 11 is 5.90. The molecule has 158 valence electrons. The highest BCUT2D eigenvalue weighted by Gasteiger charge is 2.10. The summed E-state index contributed by atoms with van der Waals surface area (Å²) in [6.07, 6.45) is 1.69. The van der Waals surface area contributed by atoms with E-state index in [0.29, 0.717) is 34.4 Å². The van der Waals surface area contributed by atoms with Crippen LogP contribution in [0.4, 0.5) is 5.82 Å². The van der Waals surface area contributed by atoms with Crippen LogP contribution in [0.5, 0.6) is 5.75 Å². The molecule has 1 atom stereocenters. The molecule has 4 aromatic rings. The number of anilines is 1. The monoisotopic (exact) mass is 435 g/mol. The molecule has 0 fully saturated rings. The Hall–Kier alpha value is -3.45. The average molecular weight is 436 g/mol. The van der Waals surface area contributed by atoms with Crippen LogP contribution in [-0.4, -0.2) is 32.4 Å². The third kappa shape index (κ3) is 5.19. The zero-order valence-electron chi connectivity index (χ0n) is 17.2. The van der Waals surface area contributed by atoms with Gasteiger partial charge in [-0.1, -0.05) is 29.8 Å². The number of ether oxygens (including phenoxy) is 1. The van der Waals surface area contributed by atoms with Crippen molar-refractivity contribution in [1.82, 2.24) is 19.7 Å². The molecule has 1 unspecified atom stereocenters. The molecule has 0 spiro atoms. The summed E-state index contributed by atoms with van der Waals surface area (Å²) in [5, 5.41) is 9.73. The molecule has 0 saturated carbocycles. The van der Waals surface area contributed by atoms with Gasteiger partial charge in [0.1, 0.15) is 24.0 Å². The molecular formula is C23H22ClN5O2. The fourth-order valence-corrected chi connectivity index (χ4v) is 3.35. The molecule has 4 rings (SSSR count). The van der Waals surface area contributed by atoms with Crippen LogP contribution >= 0.6 is 11.6 Å². The summed E-state index contributed by atoms with van der Waals surface area (Å²) in [5.41, 5.74) is 0.555. The van der Waals surface area contributed by atoms with Crippen LogP contribution in [0.1, 0.15) is 18.4 Å². The van der Waals surface area contributed by atoms with E-state index in [1.807, 2.05) is 50.2 Å². The maximum absolute atomic E-state index is 12.7. The normalized spacial score (nSPS) is 12.0. The molecule has 0 radical (unpaired) electrons. The van der Waals surface area contributed by atoms with Gasteiger partial charge in [-0.25, -0.2) is 14.6 Å². The Morgan fingerprint density at radius 1 is 1.13 bits per heavy atom. The molecule has 1 N–H and O–H groups in total. The molecule has 31 heavy (non-hydrogen) atoms. The SMILES string of the molecule is Cc1nc(Cn2ncc3ccccc3c2=O)cc(NC(C)COc2ccc(Cl)cc2)n1. The molecular weight excluding hydrogens is 414 g/mol. The fraction of sp³-hybridized carbons (Fsp3) is 0.217. The summed E-state index contributed by atoms with van der Waals surface area (Å²) in [6.45, 7) is 4.53. The lowest BCUT2D eigenvalue weighted by Crippen LogP contribution is -2.25. The quantitative estimate of drug-likeness (QED) is 0.471. The van der Waals surface area contributed by atoms with Crippen LogP contribution < -0.4 is 15.6 Å². The van der Waals surface area contributed by atoms with E-state index in [0.717, 1.165) is 11.1 Å². The second-order valence-corrected chi connectivity index (χ2v) is 7.73. The predicted molar refractivity (Wildman–Crippen MR) is 122 cm³/mol. The lowest BCUT2D eigenvalue weighted by molar-refractivity contribution is 0.303. The van der Waals surface area contributed by atoms with Gasteiger partial charge in [-0.2, -0.15) is 5.10 Å². The Morgan fingerprint density at radius 2 is 1.90 bits per heavy atom. The number of fused-ring (bicyclic) bond motifs is 1. The van der Waals surface area contributed by atoms with E-state index in [1.165, 1.54) is 4.68 Å². The Balaban J connectivity index is 1.46. The molecule has 8 heteroatoms. The third-order valence-corrected chi connectivity index (χ3v) is 4.92. The molecule has 2 heterocycles. The fourth-order valence-electron chi connectivity index (χ4n) is 3.22. The minimum atomic E-state index is -0.145. The highest BCUT2D eigenvalue weighted by atomic mass is 35.5. The number of rotatable bonds is 7. The van der Waals surface area contributed by atoms with Crippen LogP contribution in [0, 0.1) is 6.92 Å². The third-order valence-electron chi connectivity index (χ3n) is 4.67. The van der Waals surface area contributed by atoms with Crippen molar-refractivity contribution in [3.8, 4) is 5.75 Å². The van der Waals surface area contributed by atoms with Gasteiger partial charge in [0.25, 0.3) is 5.56 Å². The zero-order chi connectivity index (χ0) is 21.8. The van der Waals surface area contributed by atoms with Crippen LogP contribution in [0.3, 0.4) is 0 Å². The zero-order valence-corrected chi connectivity index (χ0v) is 18.0. The van der Waals surface area contributed by atoms with Crippen molar-refractivity contribution in [3.63, 3.8) is 0 Å². The van der Waals surface area contributed by atoms with E-state index >= 15 is 0 Å². The average Bonchev–Trinajstić information content (AvgIpc) is 2.75. The van der Waals surface area contributed by atoms with E-state index in [-0.39, 0.29) is 18.1 Å². The summed E-state index contributed by atoms with van der Waals surface area (Å²) in [5.74, 6) is 2.03. The van der Waals surface area contributed by atoms with Crippen molar-refractivity contribution >= 4 is 28.2 Å². The number of benzene rings is 2. The lowest BCUT2D eigenvalue weighted by Gasteiger charge is -2.16. The Bertz CT molecular complexity index is 1260. The lowest BCUT2D eigenvalue weighted by atomic mass is 10.2. The van der Waals surface area contributed by atoms with Gasteiger partial charge in [0.05, 0.1) is 29.9 Å². The second-order valence-electron chi connectivity index (χ2n) is 7.30. The van der Waals surface area contributed by atoms with Crippen molar-refractivity contribution in [1.29, 1.82) is 0 Å². The molecule has 0 amide bonds. The first kappa shape index (κ1) is 20.8. The van der Waals surface area contributed by atoms with Gasteiger partial charge in [-0.15, -0.1) is 0 Å². The van der Waals surface area contributed by atoms with E-state index < -0.39 is 0 Å². The molecule has 0 aliphatic carbocycles. The Labute approximate surface area is 184 Å². The van der Waals surface area contributed by atoms with E-state index in [9.17, 15) is 4.79 Å². The van der Waals surface area contributed by atoms with Crippen LogP contribution in [0.15, 0.2) is 65.6 Å². The minimum absolute atomic E-state index is 0.000607. The van der Waals surface area contributed by atoms with Crippen molar-refractivity contribution in [2.45, 2.75) is 26.4 Å². The number of hydrogen-bond acceptors (Lipinski definition) is 6. The molecule has 2 aromatic carbocycles. The number of hydrogen-bond donors (Lipinski definition) is 1. The van der Waals surface area contributed by atoms with Gasteiger partial charge in [0.2, 0.25) is 0 Å². The van der Waals surface area contributed by atoms with Gasteiger partial charge < -0.3 is 10.1 Å². The maximum Gasteiger partial charge on any atom is 0.274 e. The van der Waals surface area contributed by atoms with E-state index in [4.69, 9.17) is 16.3 Å². The van der Waals surface area contributed by atoms with Crippen molar-refractivity contribution in [3.05, 3.63) is 87.7 Å². The molecule has 2 aromatic heterocycles. The highest BCUT2D eigenvalue weighted by Crippen LogP contribution is 2.16. The van der Waals surface area contributed by atoms with Crippen LogP contribution in [0.25, 0.3) is 10.8 Å². The number of nitrogens with one attached hydrogen (secondary N) is 1. The number of aromatic nitrogens is 4. The van der Waals surface area contributed by atoms with Crippen molar-refractivity contribution < 1.29 is 4.74 Å². The Kier molecular flexibility index (Phi) is 6.13. The van der Waals surface area contributed by atoms with Crippen molar-refractivity contribution in [2.75, 3.05) is 11.9 Å². The first-order valence-electron chi connectivity index (χ1n) is 9.92. The number of nitrogens with zero attached hydrogens (tertiary/aromatic N) is 4. The molecule has 0 saturated heterocycles. The maximum atomic E-state index is 12.7. The molecule has 7 nitrogen and oxygen atoms in total. The smallest absolute Gasteiger partial charge is 0.274 e. The molecule has 0 aliphatic heterocycles. The van der Waals surface area contributed by atoms with Crippen LogP contribution in [-0.2, 0) is 6.54 Å². The van der Waals surface area contributed by atoms with Gasteiger partial charge in [-0.3, -0.25) is 4.79 Å². The van der Waals surface area contributed by atoms with Gasteiger partial charge in [0, 0.05) is 16.5 Å². The standard InChI is InChI=1S/C23H22ClN5O2/c1-15(14-31-20-9-7-18(24)8-10-20)26-22-11-19(27-16(2)28-22)13-29-23(30)21-6-4-3-5-17(21)12-25-29/h3-12,15H,13-14H2,1-2H3,(H,26,27,28). The first-order valence-corrected chi connectivity index (χ1v) is 10.3. The van der Waals surface area contributed by atoms with Crippen LogP contribution in [0.2, 0.25) is 5.02 Å². The van der Waals surface area contributed by atoms with Gasteiger partial charge in [0.15, 0.2) is 0 Å². The Morgan fingerprint density at radius 3 is 2.71 bits per heavy atom. The topological polar surface area (TPSA) is 81.9 Å².